The molecule has 0 radical (unpaired) electrons. The highest BCUT2D eigenvalue weighted by Crippen LogP contribution is 2.48. The first-order valence-electron chi connectivity index (χ1n) is 11.5. The van der Waals surface area contributed by atoms with Crippen molar-refractivity contribution in [2.24, 2.45) is 0 Å². The van der Waals surface area contributed by atoms with Gasteiger partial charge in [-0.3, -0.25) is 4.90 Å². The van der Waals surface area contributed by atoms with Crippen molar-refractivity contribution in [3.63, 3.8) is 0 Å². The molecule has 5 rings (SSSR count). The fourth-order valence-corrected chi connectivity index (χ4v) is 6.03. The van der Waals surface area contributed by atoms with Crippen LogP contribution in [-0.2, 0) is 0 Å². The minimum atomic E-state index is 0.599. The Morgan fingerprint density at radius 2 is 1.76 bits per heavy atom. The van der Waals surface area contributed by atoms with Crippen LogP contribution in [0.15, 0.2) is 54.6 Å². The fourth-order valence-electron chi connectivity index (χ4n) is 5.69. The van der Waals surface area contributed by atoms with Crippen LogP contribution < -0.4 is 0 Å². The topological polar surface area (TPSA) is 3.24 Å². The van der Waals surface area contributed by atoms with Gasteiger partial charge in [0.1, 0.15) is 0 Å². The first-order chi connectivity index (χ1) is 14.2. The van der Waals surface area contributed by atoms with E-state index in [0.29, 0.717) is 23.9 Å². The summed E-state index contributed by atoms with van der Waals surface area (Å²) in [5, 5.41) is 1.01. The summed E-state index contributed by atoms with van der Waals surface area (Å²) in [5.41, 5.74) is 5.74. The van der Waals surface area contributed by atoms with E-state index in [2.05, 4.69) is 66.4 Å². The Labute approximate surface area is 180 Å². The first-order valence-corrected chi connectivity index (χ1v) is 11.9. The molecule has 0 N–H and O–H groups in total. The van der Waals surface area contributed by atoms with E-state index in [9.17, 15) is 0 Å². The van der Waals surface area contributed by atoms with E-state index in [4.69, 9.17) is 11.6 Å². The van der Waals surface area contributed by atoms with Crippen LogP contribution >= 0.6 is 11.6 Å². The van der Waals surface area contributed by atoms with Gasteiger partial charge < -0.3 is 0 Å². The second-order valence-electron chi connectivity index (χ2n) is 9.37. The number of hydrogen-bond donors (Lipinski definition) is 0. The van der Waals surface area contributed by atoms with Crippen LogP contribution in [0, 0.1) is 0 Å². The van der Waals surface area contributed by atoms with Gasteiger partial charge in [-0.1, -0.05) is 79.4 Å². The Kier molecular flexibility index (Phi) is 5.54. The van der Waals surface area contributed by atoms with Crippen LogP contribution in [-0.4, -0.2) is 23.5 Å². The van der Waals surface area contributed by atoms with Gasteiger partial charge in [-0.25, -0.2) is 0 Å². The molecular weight excluding hydrogens is 374 g/mol. The number of nitrogens with zero attached hydrogens (tertiary/aromatic N) is 1. The molecule has 1 nitrogen and oxygen atoms in total. The summed E-state index contributed by atoms with van der Waals surface area (Å²) in [5.74, 6) is 1.34. The first kappa shape index (κ1) is 19.4. The number of halogens is 1. The monoisotopic (exact) mass is 405 g/mol. The maximum absolute atomic E-state index is 6.76. The van der Waals surface area contributed by atoms with E-state index < -0.39 is 0 Å². The van der Waals surface area contributed by atoms with Crippen molar-refractivity contribution >= 4 is 17.2 Å². The van der Waals surface area contributed by atoms with E-state index in [1.54, 1.807) is 0 Å². The molecule has 0 amide bonds. The van der Waals surface area contributed by atoms with Crippen molar-refractivity contribution in [1.29, 1.82) is 0 Å². The largest absolute Gasteiger partial charge is 0.293 e. The molecule has 3 atom stereocenters. The molecule has 0 bridgehead atoms. The van der Waals surface area contributed by atoms with Crippen LogP contribution in [0.1, 0.15) is 80.4 Å². The number of hydrogen-bond acceptors (Lipinski definition) is 1. The van der Waals surface area contributed by atoms with Crippen LogP contribution in [0.25, 0.3) is 5.57 Å². The molecule has 152 valence electrons. The van der Waals surface area contributed by atoms with Gasteiger partial charge in [0.05, 0.1) is 0 Å². The third-order valence-corrected chi connectivity index (χ3v) is 7.78. The summed E-state index contributed by atoms with van der Waals surface area (Å²) in [6.07, 6.45) is 11.6. The molecule has 2 fully saturated rings. The summed E-state index contributed by atoms with van der Waals surface area (Å²) in [4.78, 5) is 2.71. The molecular formula is C27H32ClN. The van der Waals surface area contributed by atoms with E-state index in [-0.39, 0.29) is 0 Å². The van der Waals surface area contributed by atoms with Gasteiger partial charge in [-0.15, -0.1) is 0 Å². The Morgan fingerprint density at radius 1 is 0.966 bits per heavy atom. The zero-order valence-electron chi connectivity index (χ0n) is 17.5. The minimum Gasteiger partial charge on any atom is -0.293 e. The molecule has 2 heteroatoms. The van der Waals surface area contributed by atoms with E-state index in [0.717, 1.165) is 18.0 Å². The maximum atomic E-state index is 6.76. The highest BCUT2D eigenvalue weighted by Gasteiger charge is 2.44. The summed E-state index contributed by atoms with van der Waals surface area (Å²) < 4.78 is 0. The molecule has 1 aliphatic heterocycles. The van der Waals surface area contributed by atoms with E-state index in [1.807, 2.05) is 0 Å². The van der Waals surface area contributed by atoms with Crippen molar-refractivity contribution in [2.75, 3.05) is 6.54 Å². The molecule has 2 aliphatic carbocycles. The molecule has 0 saturated heterocycles. The van der Waals surface area contributed by atoms with Gasteiger partial charge >= 0.3 is 0 Å². The number of rotatable bonds is 4. The van der Waals surface area contributed by atoms with Gasteiger partial charge in [0, 0.05) is 29.6 Å². The quantitative estimate of drug-likeness (QED) is 0.511. The highest BCUT2D eigenvalue weighted by molar-refractivity contribution is 6.31. The van der Waals surface area contributed by atoms with Gasteiger partial charge in [0.15, 0.2) is 0 Å². The predicted octanol–water partition coefficient (Wildman–Crippen LogP) is 7.42. The van der Waals surface area contributed by atoms with Gasteiger partial charge in [0.25, 0.3) is 0 Å². The molecule has 2 saturated carbocycles. The van der Waals surface area contributed by atoms with Crippen LogP contribution in [0.4, 0.5) is 0 Å². The molecule has 1 heterocycles. The fraction of sp³-hybridized carbons (Fsp3) is 0.481. The van der Waals surface area contributed by atoms with Crippen LogP contribution in [0.2, 0.25) is 5.02 Å². The van der Waals surface area contributed by atoms with Crippen molar-refractivity contribution < 1.29 is 0 Å². The zero-order valence-corrected chi connectivity index (χ0v) is 18.2. The lowest BCUT2D eigenvalue weighted by molar-refractivity contribution is 0.212. The summed E-state index contributed by atoms with van der Waals surface area (Å²) in [7, 11) is 0. The number of benzene rings is 2. The average Bonchev–Trinajstić information content (AvgIpc) is 3.55. The molecule has 0 aromatic heterocycles. The second-order valence-corrected chi connectivity index (χ2v) is 9.78. The average molecular weight is 406 g/mol. The van der Waals surface area contributed by atoms with Gasteiger partial charge in [-0.05, 0) is 66.9 Å². The standard InChI is InChI=1S/C27H32ClN/c1-19-16-22(20-8-4-2-5-9-20)14-15-29(19)27-18-25(27)23-12-13-24(26(28)17-23)21-10-6-3-7-11-21/h2,4-5,8-9,12-14,17,19,21,25,27H,3,6-7,10-11,15-16,18H2,1H3. The van der Waals surface area contributed by atoms with E-state index in [1.165, 1.54) is 60.8 Å². The third-order valence-electron chi connectivity index (χ3n) is 7.45. The second kappa shape index (κ2) is 8.28. The lowest BCUT2D eigenvalue weighted by Crippen LogP contribution is -2.38. The zero-order chi connectivity index (χ0) is 19.8. The summed E-state index contributed by atoms with van der Waals surface area (Å²) in [6.45, 7) is 3.46. The van der Waals surface area contributed by atoms with Crippen molar-refractivity contribution in [2.45, 2.75) is 75.8 Å². The van der Waals surface area contributed by atoms with Gasteiger partial charge in [-0.2, -0.15) is 0 Å². The Hall–Kier alpha value is -1.57. The smallest absolute Gasteiger partial charge is 0.0443 e. The molecule has 2 aromatic carbocycles. The highest BCUT2D eigenvalue weighted by atomic mass is 35.5. The Balaban J connectivity index is 1.26. The lowest BCUT2D eigenvalue weighted by atomic mass is 9.83. The van der Waals surface area contributed by atoms with Crippen molar-refractivity contribution in [3.05, 3.63) is 76.3 Å². The Morgan fingerprint density at radius 3 is 2.48 bits per heavy atom. The van der Waals surface area contributed by atoms with E-state index >= 15 is 0 Å². The molecule has 3 unspecified atom stereocenters. The molecule has 3 aliphatic rings. The molecule has 29 heavy (non-hydrogen) atoms. The summed E-state index contributed by atoms with van der Waals surface area (Å²) >= 11 is 6.76. The van der Waals surface area contributed by atoms with Crippen molar-refractivity contribution in [3.8, 4) is 0 Å². The molecule has 0 spiro atoms. The summed E-state index contributed by atoms with van der Waals surface area (Å²) in [6, 6.07) is 19.1. The van der Waals surface area contributed by atoms with Crippen LogP contribution in [0.3, 0.4) is 0 Å². The van der Waals surface area contributed by atoms with Crippen molar-refractivity contribution in [1.82, 2.24) is 4.90 Å². The van der Waals surface area contributed by atoms with Gasteiger partial charge in [0.2, 0.25) is 0 Å². The maximum Gasteiger partial charge on any atom is 0.0443 e. The normalized spacial score (nSPS) is 28.2. The van der Waals surface area contributed by atoms with Crippen LogP contribution in [0.5, 0.6) is 0 Å². The lowest BCUT2D eigenvalue weighted by Gasteiger charge is -2.33. The SMILES string of the molecule is CC1CC(c2ccccc2)=CCN1C1CC1c1ccc(C2CCCCC2)c(Cl)c1. The minimum absolute atomic E-state index is 0.599. The predicted molar refractivity (Wildman–Crippen MR) is 124 cm³/mol. The Bertz CT molecular complexity index is 881. The molecule has 2 aromatic rings. The third kappa shape index (κ3) is 4.05.